The first-order valence-corrected chi connectivity index (χ1v) is 35.0. The molecule has 4 aliphatic heterocycles. The monoisotopic (exact) mass is 1460 g/mol. The van der Waals surface area contributed by atoms with Crippen LogP contribution in [0.2, 0.25) is 0 Å². The Balaban J connectivity index is 0.741. The number of nitrogens with two attached hydrogens (primary N) is 2. The van der Waals surface area contributed by atoms with Gasteiger partial charge in [0.05, 0.1) is 58.7 Å². The van der Waals surface area contributed by atoms with E-state index in [2.05, 4.69) is 63.4 Å². The van der Waals surface area contributed by atoms with Crippen LogP contribution in [0, 0.1) is 6.92 Å². The molecule has 53 heteroatoms. The van der Waals surface area contributed by atoms with Gasteiger partial charge in [-0.3, -0.25) is 64.5 Å². The first-order chi connectivity index (χ1) is 45.2. The van der Waals surface area contributed by atoms with Crippen LogP contribution in [0.25, 0.3) is 44.7 Å². The molecule has 21 atom stereocenters. The summed E-state index contributed by atoms with van der Waals surface area (Å²) in [7, 11) is -27.3. The summed E-state index contributed by atoms with van der Waals surface area (Å²) in [5.41, 5.74) is 9.95. The number of nitrogens with zero attached hydrogens (tertiary/aromatic N) is 14. The number of imidazole rings is 4. The molecule has 4 saturated heterocycles. The van der Waals surface area contributed by atoms with E-state index in [0.717, 1.165) is 46.1 Å². The number of aromatic amines is 2. The molecule has 522 valence electrons. The molecule has 0 amide bonds. The molecule has 96 heavy (non-hydrogen) atoms. The van der Waals surface area contributed by atoms with Gasteiger partial charge in [0, 0.05) is 7.11 Å². The van der Waals surface area contributed by atoms with Gasteiger partial charge in [-0.1, -0.05) is 4.98 Å². The van der Waals surface area contributed by atoms with Gasteiger partial charge in [-0.25, -0.2) is 66.3 Å². The number of nitrogen functional groups attached to an aromatic ring is 2. The normalized spacial score (nSPS) is 31.1. The highest BCUT2D eigenvalue weighted by Crippen LogP contribution is 2.66. The van der Waals surface area contributed by atoms with Gasteiger partial charge in [0.1, 0.15) is 90.9 Å². The lowest BCUT2D eigenvalue weighted by molar-refractivity contribution is -0.745. The molecule has 0 bridgehead atoms. The maximum Gasteiger partial charge on any atom is 0.478 e. The predicted molar refractivity (Wildman–Crippen MR) is 303 cm³/mol. The fourth-order valence-corrected chi connectivity index (χ4v) is 16.2. The fourth-order valence-electron chi connectivity index (χ4n) is 10.9. The summed E-state index contributed by atoms with van der Waals surface area (Å²) < 4.78 is 142. The molecule has 12 heterocycles. The molecule has 4 aliphatic rings. The van der Waals surface area contributed by atoms with Crippen molar-refractivity contribution in [2.75, 3.05) is 45.0 Å². The molecular weight excluding hydrogens is 1400 g/mol. The number of aryl methyl sites for hydroxylation is 2. The van der Waals surface area contributed by atoms with E-state index in [9.17, 15) is 82.4 Å². The highest BCUT2D eigenvalue weighted by molar-refractivity contribution is 7.66. The summed E-state index contributed by atoms with van der Waals surface area (Å²) in [4.78, 5) is 123. The Kier molecular flexibility index (Phi) is 19.1. The van der Waals surface area contributed by atoms with Crippen molar-refractivity contribution < 1.29 is 137 Å². The maximum atomic E-state index is 14.3. The number of hydrogen-bond acceptors (Lipinski definition) is 37. The second kappa shape index (κ2) is 26.4. The van der Waals surface area contributed by atoms with Crippen molar-refractivity contribution in [3.8, 4) is 0 Å². The minimum Gasteiger partial charge on any atom is -0.756 e. The average molecular weight is 1460 g/mol. The van der Waals surface area contributed by atoms with Gasteiger partial charge in [-0.15, -0.1) is 0 Å². The molecule has 12 rings (SSSR count). The Morgan fingerprint density at radius 1 is 0.594 bits per heavy atom. The van der Waals surface area contributed by atoms with Crippen LogP contribution in [0.3, 0.4) is 0 Å². The summed E-state index contributed by atoms with van der Waals surface area (Å²) >= 11 is 0. The largest absolute Gasteiger partial charge is 0.756 e. The first-order valence-electron chi connectivity index (χ1n) is 27.5. The first kappa shape index (κ1) is 69.5. The van der Waals surface area contributed by atoms with E-state index in [1.54, 1.807) is 11.6 Å². The summed E-state index contributed by atoms with van der Waals surface area (Å²) in [6.07, 6.45) is -20.8. The number of aromatic nitrogens is 16. The van der Waals surface area contributed by atoms with Crippen molar-refractivity contribution >= 4 is 95.5 Å². The van der Waals surface area contributed by atoms with Crippen LogP contribution in [0.5, 0.6) is 0 Å². The molecule has 0 saturated carbocycles. The van der Waals surface area contributed by atoms with Gasteiger partial charge in [0.2, 0.25) is 12.2 Å². The zero-order valence-electron chi connectivity index (χ0n) is 48.9. The summed E-state index contributed by atoms with van der Waals surface area (Å²) in [5, 5.41) is 55.4. The number of H-pyrrole nitrogens is 2. The van der Waals surface area contributed by atoms with Gasteiger partial charge in [-0.05, 0) is 6.92 Å². The van der Waals surface area contributed by atoms with E-state index in [1.807, 2.05) is 0 Å². The molecule has 0 aliphatic carbocycles. The third-order valence-electron chi connectivity index (χ3n) is 15.1. The summed E-state index contributed by atoms with van der Waals surface area (Å²) in [6, 6.07) is 0. The number of rotatable bonds is 25. The van der Waals surface area contributed by atoms with E-state index >= 15 is 0 Å². The number of aliphatic hydroxyl groups is 5. The van der Waals surface area contributed by atoms with E-state index < -0.39 is 181 Å². The SMILES string of the molecule is COC1C(OP(=O)(O)OCC2OC(n3cnc4c(=O)[nH]c(N)nc43)C(O)C2OP(=O)(O)OCC2OC(n3cnc4c(=O)[nH]c(C)nc43)C(O)C2O)C(COP(=O)(O)OP(=O)([O-])OP(=O)(O)OCC2OC([n+]3cn(C)c4cncnc43)C(O)C2O)OC1n1cnc2c(N)ncnc21. The molecule has 21 unspecified atom stereocenters. The number of phosphoric ester groups is 4. The number of hydrogen-bond donors (Lipinski definition) is 13. The molecule has 0 radical (unpaired) electrons. The molecule has 0 aromatic carbocycles. The molecule has 48 nitrogen and oxygen atoms in total. The Labute approximate surface area is 531 Å². The molecule has 0 spiro atoms. The van der Waals surface area contributed by atoms with Crippen LogP contribution >= 0.6 is 39.1 Å². The number of ether oxygens (including phenoxy) is 5. The van der Waals surface area contributed by atoms with E-state index in [1.165, 1.54) is 30.3 Å². The van der Waals surface area contributed by atoms with Crippen molar-refractivity contribution in [2.24, 2.45) is 7.05 Å². The van der Waals surface area contributed by atoms with Crippen molar-refractivity contribution in [1.29, 1.82) is 0 Å². The Morgan fingerprint density at radius 3 is 1.74 bits per heavy atom. The molecule has 8 aromatic heterocycles. The minimum absolute atomic E-state index is 0.0247. The van der Waals surface area contributed by atoms with E-state index in [-0.39, 0.29) is 50.8 Å². The quantitative estimate of drug-likeness (QED) is 0.0188. The number of anilines is 2. The van der Waals surface area contributed by atoms with Crippen LogP contribution in [-0.4, -0.2) is 225 Å². The van der Waals surface area contributed by atoms with E-state index in [0.29, 0.717) is 5.52 Å². The number of fused-ring (bicyclic) bond motifs is 4. The van der Waals surface area contributed by atoms with Crippen LogP contribution in [0.4, 0.5) is 11.8 Å². The van der Waals surface area contributed by atoms with Crippen molar-refractivity contribution in [3.63, 3.8) is 0 Å². The lowest BCUT2D eigenvalue weighted by Crippen LogP contribution is -2.45. The van der Waals surface area contributed by atoms with Gasteiger partial charge in [0.25, 0.3) is 18.9 Å². The van der Waals surface area contributed by atoms with Crippen molar-refractivity contribution in [1.82, 2.24) is 73.1 Å². The Hall–Kier alpha value is -6.37. The average Bonchev–Trinajstić information content (AvgIpc) is 1.63. The lowest BCUT2D eigenvalue weighted by atomic mass is 10.1. The second-order valence-electron chi connectivity index (χ2n) is 21.4. The van der Waals surface area contributed by atoms with Crippen LogP contribution in [0.1, 0.15) is 30.7 Å². The predicted octanol–water partition coefficient (Wildman–Crippen LogP) is -5.02. The highest BCUT2D eigenvalue weighted by atomic mass is 31.3. The number of nitrogens with one attached hydrogen (secondary N) is 2. The van der Waals surface area contributed by atoms with Crippen molar-refractivity contribution in [2.45, 2.75) is 105 Å². The van der Waals surface area contributed by atoms with Crippen LogP contribution < -0.4 is 32.0 Å². The van der Waals surface area contributed by atoms with Gasteiger partial charge in [-0.2, -0.15) is 4.98 Å². The number of phosphoric acid groups is 5. The minimum atomic E-state index is -6.52. The second-order valence-corrected chi connectivity index (χ2v) is 28.8. The summed E-state index contributed by atoms with van der Waals surface area (Å²) in [6.45, 7) is -3.41. The third-order valence-corrected chi connectivity index (χ3v) is 21.3. The highest BCUT2D eigenvalue weighted by Gasteiger charge is 2.55. The molecule has 15 N–H and O–H groups in total. The Bertz CT molecular complexity index is 4630. The van der Waals surface area contributed by atoms with Crippen LogP contribution in [-0.2, 0) is 89.3 Å². The zero-order chi connectivity index (χ0) is 68.9. The topological polar surface area (TPSA) is 668 Å². The third kappa shape index (κ3) is 13.9. The maximum absolute atomic E-state index is 14.3. The standard InChI is InChI=1S/C43H55N18O30P5/c1-15-53-35-22(37(67)54-15)51-12-59(35)39-26(64)24(62)17(84-39)5-80-92(69,70)88-29-19(86-41(28(29)66)60-13-52-23-36(60)55-43(45)56-38(23)68)7-81-93(71,72)89-30-20(87-42(31(30)79-3)58-11-50-21-32(44)47-10-49-34(21)58)8-83-95(75,76)91-96(77,78)90-94(73,74)82-6-18-25(63)27(65)40(85-18)61-14-57(2)16-4-46-9-48-33(16)61/h4,9-14,17-20,24-31,39-42,62-66H,5-8H2,1-3H3,(H10-,44,45,47,49,53,54,55,56,67,68,69,70,71,72,73,74,75,76,77,78). The van der Waals surface area contributed by atoms with Crippen molar-refractivity contribution in [3.05, 3.63) is 70.7 Å². The molecule has 8 aromatic rings. The van der Waals surface area contributed by atoms with Gasteiger partial charge in [0.15, 0.2) is 70.6 Å². The van der Waals surface area contributed by atoms with Gasteiger partial charge < -0.3 is 90.1 Å². The Morgan fingerprint density at radius 2 is 1.10 bits per heavy atom. The lowest BCUT2D eigenvalue weighted by Gasteiger charge is -2.28. The molecule has 4 fully saturated rings. The number of methoxy groups -OCH3 is 1. The van der Waals surface area contributed by atoms with Gasteiger partial charge >= 0.3 is 36.9 Å². The smallest absolute Gasteiger partial charge is 0.478 e. The zero-order valence-corrected chi connectivity index (χ0v) is 53.3. The van der Waals surface area contributed by atoms with E-state index in [4.69, 9.17) is 62.3 Å². The number of aliphatic hydroxyl groups excluding tert-OH is 5. The van der Waals surface area contributed by atoms with Crippen LogP contribution in [0.15, 0.2) is 53.7 Å². The molecular formula is C43H55N18O30P5. The fraction of sp³-hybridized carbons (Fsp3) is 0.535. The summed E-state index contributed by atoms with van der Waals surface area (Å²) in [5.74, 6) is -0.448.